The van der Waals surface area contributed by atoms with Crippen LogP contribution in [0.1, 0.15) is 0 Å². The maximum Gasteiger partial charge on any atom is 0.165 e. The Morgan fingerprint density at radius 1 is 0.529 bits per heavy atom. The molecular formula is C29H17N5. The molecule has 5 nitrogen and oxygen atoms in total. The number of rotatable bonds is 1. The van der Waals surface area contributed by atoms with Gasteiger partial charge in [-0.2, -0.15) is 0 Å². The van der Waals surface area contributed by atoms with Gasteiger partial charge in [0.1, 0.15) is 11.2 Å². The molecular weight excluding hydrogens is 418 g/mol. The van der Waals surface area contributed by atoms with Crippen LogP contribution in [-0.2, 0) is 0 Å². The van der Waals surface area contributed by atoms with E-state index < -0.39 is 0 Å². The Labute approximate surface area is 193 Å². The second kappa shape index (κ2) is 6.39. The van der Waals surface area contributed by atoms with Gasteiger partial charge in [0.2, 0.25) is 0 Å². The van der Waals surface area contributed by atoms with Gasteiger partial charge in [-0.25, -0.2) is 9.97 Å². The zero-order valence-corrected chi connectivity index (χ0v) is 18.1. The minimum absolute atomic E-state index is 0.851. The molecule has 0 bridgehead atoms. The normalized spacial score (nSPS) is 12.1. The average Bonchev–Trinajstić information content (AvgIpc) is 3.45. The van der Waals surface area contributed by atoms with Gasteiger partial charge < -0.3 is 4.57 Å². The predicted octanol–water partition coefficient (Wildman–Crippen LogP) is 6.68. The number of aromatic nitrogens is 5. The van der Waals surface area contributed by atoms with E-state index in [2.05, 4.69) is 86.7 Å². The van der Waals surface area contributed by atoms with Crippen molar-refractivity contribution in [3.63, 3.8) is 0 Å². The molecule has 34 heavy (non-hydrogen) atoms. The Hall–Kier alpha value is -4.77. The molecule has 5 heteroatoms. The molecule has 0 spiro atoms. The van der Waals surface area contributed by atoms with Crippen molar-refractivity contribution < 1.29 is 0 Å². The van der Waals surface area contributed by atoms with E-state index in [0.29, 0.717) is 0 Å². The van der Waals surface area contributed by atoms with Crippen LogP contribution in [0.3, 0.4) is 0 Å². The number of benzene rings is 3. The van der Waals surface area contributed by atoms with E-state index in [0.717, 1.165) is 49.8 Å². The van der Waals surface area contributed by atoms with Crippen LogP contribution in [-0.4, -0.2) is 23.9 Å². The first-order chi connectivity index (χ1) is 16.9. The lowest BCUT2D eigenvalue weighted by molar-refractivity contribution is 1.18. The van der Waals surface area contributed by atoms with Crippen molar-refractivity contribution in [2.75, 3.05) is 0 Å². The molecule has 0 amide bonds. The summed E-state index contributed by atoms with van der Waals surface area (Å²) >= 11 is 0. The van der Waals surface area contributed by atoms with Crippen molar-refractivity contribution in [3.8, 4) is 5.69 Å². The molecule has 0 aliphatic rings. The van der Waals surface area contributed by atoms with E-state index in [-0.39, 0.29) is 0 Å². The lowest BCUT2D eigenvalue weighted by atomic mass is 10.0. The second-order valence-electron chi connectivity index (χ2n) is 8.56. The van der Waals surface area contributed by atoms with Gasteiger partial charge in [-0.15, -0.1) is 0 Å². The van der Waals surface area contributed by atoms with Crippen LogP contribution in [0, 0.1) is 0 Å². The number of hydrogen-bond donors (Lipinski definition) is 0. The molecule has 0 aliphatic heterocycles. The summed E-state index contributed by atoms with van der Waals surface area (Å²) in [5.74, 6) is 0. The van der Waals surface area contributed by atoms with Gasteiger partial charge in [-0.1, -0.05) is 36.4 Å². The number of para-hydroxylation sites is 2. The molecule has 8 rings (SSSR count). The molecule has 5 heterocycles. The number of pyridine rings is 3. The van der Waals surface area contributed by atoms with E-state index in [1.807, 2.05) is 30.6 Å². The van der Waals surface area contributed by atoms with Crippen molar-refractivity contribution in [1.29, 1.82) is 0 Å². The van der Waals surface area contributed by atoms with E-state index in [1.54, 1.807) is 0 Å². The first-order valence-corrected chi connectivity index (χ1v) is 11.3. The fourth-order valence-electron chi connectivity index (χ4n) is 5.44. The van der Waals surface area contributed by atoms with Crippen LogP contribution in [0.2, 0.25) is 0 Å². The Bertz CT molecular complexity index is 2070. The fourth-order valence-corrected chi connectivity index (χ4v) is 5.44. The smallest absolute Gasteiger partial charge is 0.165 e. The summed E-state index contributed by atoms with van der Waals surface area (Å²) in [6.45, 7) is 0. The number of nitrogens with zero attached hydrogens (tertiary/aromatic N) is 5. The molecule has 0 saturated heterocycles. The molecule has 3 aromatic carbocycles. The Kier molecular flexibility index (Phi) is 3.34. The lowest BCUT2D eigenvalue weighted by Crippen LogP contribution is -1.95. The van der Waals surface area contributed by atoms with Crippen LogP contribution in [0.25, 0.3) is 66.1 Å². The molecule has 5 aromatic heterocycles. The van der Waals surface area contributed by atoms with Crippen LogP contribution < -0.4 is 0 Å². The predicted molar refractivity (Wildman–Crippen MR) is 138 cm³/mol. The Morgan fingerprint density at radius 3 is 2.26 bits per heavy atom. The summed E-state index contributed by atoms with van der Waals surface area (Å²) in [6.07, 6.45) is 3.69. The average molecular weight is 435 g/mol. The Morgan fingerprint density at radius 2 is 1.32 bits per heavy atom. The number of hydrogen-bond acceptors (Lipinski definition) is 3. The zero-order chi connectivity index (χ0) is 22.2. The molecule has 0 atom stereocenters. The summed E-state index contributed by atoms with van der Waals surface area (Å²) in [6, 6.07) is 31.6. The van der Waals surface area contributed by atoms with Gasteiger partial charge in [0.25, 0.3) is 0 Å². The van der Waals surface area contributed by atoms with Crippen LogP contribution in [0.5, 0.6) is 0 Å². The van der Waals surface area contributed by atoms with Crippen LogP contribution in [0.15, 0.2) is 103 Å². The summed E-state index contributed by atoms with van der Waals surface area (Å²) in [5, 5.41) is 4.61. The van der Waals surface area contributed by atoms with Crippen molar-refractivity contribution in [3.05, 3.63) is 103 Å². The second-order valence-corrected chi connectivity index (χ2v) is 8.56. The highest BCUT2D eigenvalue weighted by Crippen LogP contribution is 2.41. The third kappa shape index (κ3) is 2.16. The summed E-state index contributed by atoms with van der Waals surface area (Å²) in [7, 11) is 0. The van der Waals surface area contributed by atoms with Gasteiger partial charge in [-0.3, -0.25) is 9.38 Å². The van der Waals surface area contributed by atoms with Gasteiger partial charge in [0.05, 0.1) is 22.1 Å². The van der Waals surface area contributed by atoms with E-state index >= 15 is 0 Å². The first kappa shape index (κ1) is 17.7. The standard InChI is InChI=1S/C29H17N5/c1-2-8-18(9-3-1)33-22-12-5-4-10-19(22)25-23(33)15-14-20-26(25)27-24(13-7-16-30-27)34-28(20)32-21-11-6-17-31-29(21)34/h1-17H. The largest absolute Gasteiger partial charge is 0.309 e. The highest BCUT2D eigenvalue weighted by atomic mass is 15.1. The summed E-state index contributed by atoms with van der Waals surface area (Å²) < 4.78 is 4.48. The molecule has 0 N–H and O–H groups in total. The minimum Gasteiger partial charge on any atom is -0.309 e. The summed E-state index contributed by atoms with van der Waals surface area (Å²) in [4.78, 5) is 14.6. The highest BCUT2D eigenvalue weighted by molar-refractivity contribution is 6.29. The maximum atomic E-state index is 5.01. The Balaban J connectivity index is 1.70. The molecule has 0 saturated carbocycles. The van der Waals surface area contributed by atoms with Crippen molar-refractivity contribution >= 4 is 60.4 Å². The monoisotopic (exact) mass is 435 g/mol. The molecule has 0 radical (unpaired) electrons. The number of fused-ring (bicyclic) bond motifs is 12. The van der Waals surface area contributed by atoms with Gasteiger partial charge in [-0.05, 0) is 54.6 Å². The topological polar surface area (TPSA) is 48.0 Å². The minimum atomic E-state index is 0.851. The van der Waals surface area contributed by atoms with E-state index in [9.17, 15) is 0 Å². The third-order valence-electron chi connectivity index (χ3n) is 6.77. The fraction of sp³-hybridized carbons (Fsp3) is 0. The molecule has 0 unspecified atom stereocenters. The third-order valence-corrected chi connectivity index (χ3v) is 6.77. The lowest BCUT2D eigenvalue weighted by Gasteiger charge is -2.10. The van der Waals surface area contributed by atoms with Crippen molar-refractivity contribution in [1.82, 2.24) is 23.9 Å². The van der Waals surface area contributed by atoms with Crippen LogP contribution in [0.4, 0.5) is 0 Å². The maximum absolute atomic E-state index is 5.01. The van der Waals surface area contributed by atoms with Gasteiger partial charge in [0.15, 0.2) is 5.65 Å². The zero-order valence-electron chi connectivity index (χ0n) is 18.1. The molecule has 0 aliphatic carbocycles. The van der Waals surface area contributed by atoms with E-state index in [1.165, 1.54) is 16.3 Å². The van der Waals surface area contributed by atoms with Gasteiger partial charge in [0, 0.05) is 39.6 Å². The SMILES string of the molecule is c1ccc(-n2c3ccccc3c3c4c(ccc32)c2nc3cccnc3n2c2cccnc42)cc1. The first-order valence-electron chi connectivity index (χ1n) is 11.3. The van der Waals surface area contributed by atoms with Crippen LogP contribution >= 0.6 is 0 Å². The highest BCUT2D eigenvalue weighted by Gasteiger charge is 2.20. The van der Waals surface area contributed by atoms with Crippen molar-refractivity contribution in [2.24, 2.45) is 0 Å². The van der Waals surface area contributed by atoms with Gasteiger partial charge >= 0.3 is 0 Å². The van der Waals surface area contributed by atoms with Crippen molar-refractivity contribution in [2.45, 2.75) is 0 Å². The molecule has 0 fully saturated rings. The quantitative estimate of drug-likeness (QED) is 0.270. The molecule has 8 aromatic rings. The molecule has 158 valence electrons. The summed E-state index contributed by atoms with van der Waals surface area (Å²) in [5.41, 5.74) is 8.08. The number of imidazole rings is 1. The van der Waals surface area contributed by atoms with E-state index in [4.69, 9.17) is 9.97 Å².